The van der Waals surface area contributed by atoms with E-state index in [1.807, 2.05) is 13.8 Å². The smallest absolute Gasteiger partial charge is 0.129 e. The molecule has 5 heteroatoms. The molecule has 20 heavy (non-hydrogen) atoms. The van der Waals surface area contributed by atoms with Gasteiger partial charge in [-0.15, -0.1) is 0 Å². The SMILES string of the molecule is CCc1nn(CC)c(CC(O)c2ccccc2F)c1Cl. The third-order valence-electron chi connectivity index (χ3n) is 3.35. The van der Waals surface area contributed by atoms with E-state index in [1.165, 1.54) is 6.07 Å². The standard InChI is InChI=1S/C15H18ClFN2O/c1-3-12-15(16)13(19(4-2)18-12)9-14(20)10-7-5-6-8-11(10)17/h5-8,14,20H,3-4,9H2,1-2H3. The second-order valence-corrected chi connectivity index (χ2v) is 5.00. The van der Waals surface area contributed by atoms with Crippen LogP contribution in [0, 0.1) is 5.82 Å². The highest BCUT2D eigenvalue weighted by atomic mass is 35.5. The number of aromatic nitrogens is 2. The first-order chi connectivity index (χ1) is 9.58. The highest BCUT2D eigenvalue weighted by Crippen LogP contribution is 2.27. The average Bonchev–Trinajstić information content (AvgIpc) is 2.75. The quantitative estimate of drug-likeness (QED) is 0.916. The number of rotatable bonds is 5. The molecule has 0 saturated heterocycles. The molecular weight excluding hydrogens is 279 g/mol. The number of aliphatic hydroxyl groups excluding tert-OH is 1. The summed E-state index contributed by atoms with van der Waals surface area (Å²) < 4.78 is 15.5. The van der Waals surface area contributed by atoms with E-state index in [2.05, 4.69) is 5.10 Å². The molecule has 0 bridgehead atoms. The normalized spacial score (nSPS) is 12.7. The molecule has 1 N–H and O–H groups in total. The zero-order valence-electron chi connectivity index (χ0n) is 11.6. The Bertz CT molecular complexity index is 598. The van der Waals surface area contributed by atoms with E-state index in [4.69, 9.17) is 11.6 Å². The van der Waals surface area contributed by atoms with Gasteiger partial charge in [0.25, 0.3) is 0 Å². The van der Waals surface area contributed by atoms with Gasteiger partial charge in [-0.1, -0.05) is 36.7 Å². The van der Waals surface area contributed by atoms with E-state index >= 15 is 0 Å². The maximum Gasteiger partial charge on any atom is 0.129 e. The monoisotopic (exact) mass is 296 g/mol. The number of hydrogen-bond donors (Lipinski definition) is 1. The topological polar surface area (TPSA) is 38.0 Å². The first-order valence-corrected chi connectivity index (χ1v) is 7.12. The molecule has 1 heterocycles. The predicted octanol–water partition coefficient (Wildman–Crippen LogP) is 3.53. The molecule has 2 rings (SSSR count). The second kappa shape index (κ2) is 6.37. The van der Waals surface area contributed by atoms with E-state index < -0.39 is 11.9 Å². The van der Waals surface area contributed by atoms with Crippen molar-refractivity contribution >= 4 is 11.6 Å². The van der Waals surface area contributed by atoms with Crippen LogP contribution < -0.4 is 0 Å². The van der Waals surface area contributed by atoms with Crippen molar-refractivity contribution in [2.45, 2.75) is 39.3 Å². The maximum atomic E-state index is 13.7. The molecule has 2 aromatic rings. The molecule has 1 aromatic carbocycles. The van der Waals surface area contributed by atoms with Crippen molar-refractivity contribution in [3.8, 4) is 0 Å². The van der Waals surface area contributed by atoms with Crippen LogP contribution in [0.15, 0.2) is 24.3 Å². The minimum Gasteiger partial charge on any atom is -0.388 e. The van der Waals surface area contributed by atoms with Gasteiger partial charge in [0, 0.05) is 18.5 Å². The van der Waals surface area contributed by atoms with Crippen LogP contribution in [0.1, 0.15) is 36.9 Å². The van der Waals surface area contributed by atoms with Gasteiger partial charge >= 0.3 is 0 Å². The number of aryl methyl sites for hydroxylation is 2. The number of nitrogens with zero attached hydrogens (tertiary/aromatic N) is 2. The van der Waals surface area contributed by atoms with Crippen LogP contribution >= 0.6 is 11.6 Å². The molecule has 0 aliphatic rings. The van der Waals surface area contributed by atoms with Crippen LogP contribution in [0.4, 0.5) is 4.39 Å². The number of benzene rings is 1. The molecule has 0 amide bonds. The molecule has 0 saturated carbocycles. The lowest BCUT2D eigenvalue weighted by Gasteiger charge is -2.13. The third-order valence-corrected chi connectivity index (χ3v) is 3.78. The van der Waals surface area contributed by atoms with E-state index in [-0.39, 0.29) is 12.0 Å². The fraction of sp³-hybridized carbons (Fsp3) is 0.400. The van der Waals surface area contributed by atoms with Gasteiger partial charge in [-0.25, -0.2) is 4.39 Å². The summed E-state index contributed by atoms with van der Waals surface area (Å²) in [5.74, 6) is -0.408. The van der Waals surface area contributed by atoms with Gasteiger partial charge in [0.15, 0.2) is 0 Å². The molecule has 1 aromatic heterocycles. The summed E-state index contributed by atoms with van der Waals surface area (Å²) in [6.07, 6.45) is 0.0512. The Morgan fingerprint density at radius 1 is 1.35 bits per heavy atom. The van der Waals surface area contributed by atoms with Crippen molar-refractivity contribution in [2.75, 3.05) is 0 Å². The van der Waals surface area contributed by atoms with Gasteiger partial charge in [-0.3, -0.25) is 4.68 Å². The second-order valence-electron chi connectivity index (χ2n) is 4.62. The zero-order chi connectivity index (χ0) is 14.7. The summed E-state index contributed by atoms with van der Waals surface area (Å²) >= 11 is 6.29. The average molecular weight is 297 g/mol. The molecule has 108 valence electrons. The third kappa shape index (κ3) is 2.86. The lowest BCUT2D eigenvalue weighted by molar-refractivity contribution is 0.170. The van der Waals surface area contributed by atoms with Gasteiger partial charge in [-0.05, 0) is 19.4 Å². The van der Waals surface area contributed by atoms with Crippen molar-refractivity contribution < 1.29 is 9.50 Å². The van der Waals surface area contributed by atoms with Gasteiger partial charge in [0.1, 0.15) is 5.82 Å². The molecule has 0 aliphatic carbocycles. The minimum atomic E-state index is -0.930. The fourth-order valence-electron chi connectivity index (χ4n) is 2.25. The number of hydrogen-bond acceptors (Lipinski definition) is 2. The first kappa shape index (κ1) is 15.0. The number of aliphatic hydroxyl groups is 1. The lowest BCUT2D eigenvalue weighted by atomic mass is 10.0. The minimum absolute atomic E-state index is 0.251. The zero-order valence-corrected chi connectivity index (χ0v) is 12.4. The molecule has 1 atom stereocenters. The molecule has 0 aliphatic heterocycles. The van der Waals surface area contributed by atoms with E-state index in [9.17, 15) is 9.50 Å². The van der Waals surface area contributed by atoms with Crippen LogP contribution in [-0.2, 0) is 19.4 Å². The largest absolute Gasteiger partial charge is 0.388 e. The van der Waals surface area contributed by atoms with Crippen molar-refractivity contribution in [2.24, 2.45) is 0 Å². The fourth-order valence-corrected chi connectivity index (χ4v) is 2.60. The highest BCUT2D eigenvalue weighted by molar-refractivity contribution is 6.31. The van der Waals surface area contributed by atoms with E-state index in [1.54, 1.807) is 22.9 Å². The maximum absolute atomic E-state index is 13.7. The molecule has 3 nitrogen and oxygen atoms in total. The Morgan fingerprint density at radius 2 is 2.05 bits per heavy atom. The van der Waals surface area contributed by atoms with Gasteiger partial charge in [-0.2, -0.15) is 5.10 Å². The Hall–Kier alpha value is -1.39. The van der Waals surface area contributed by atoms with Crippen molar-refractivity contribution in [1.29, 1.82) is 0 Å². The molecule has 0 fully saturated rings. The van der Waals surface area contributed by atoms with Crippen LogP contribution in [0.2, 0.25) is 5.02 Å². The van der Waals surface area contributed by atoms with Crippen LogP contribution in [0.3, 0.4) is 0 Å². The number of halogens is 2. The molecule has 0 spiro atoms. The molecule has 0 radical (unpaired) electrons. The summed E-state index contributed by atoms with van der Waals surface area (Å²) in [5.41, 5.74) is 1.84. The summed E-state index contributed by atoms with van der Waals surface area (Å²) in [6.45, 7) is 4.60. The van der Waals surface area contributed by atoms with E-state index in [0.29, 0.717) is 11.6 Å². The van der Waals surface area contributed by atoms with Crippen LogP contribution in [0.5, 0.6) is 0 Å². The van der Waals surface area contributed by atoms with Crippen molar-refractivity contribution in [1.82, 2.24) is 9.78 Å². The van der Waals surface area contributed by atoms with Crippen molar-refractivity contribution in [3.05, 3.63) is 52.1 Å². The summed E-state index contributed by atoms with van der Waals surface area (Å²) in [4.78, 5) is 0. The Balaban J connectivity index is 2.30. The van der Waals surface area contributed by atoms with Crippen molar-refractivity contribution in [3.63, 3.8) is 0 Å². The first-order valence-electron chi connectivity index (χ1n) is 6.75. The van der Waals surface area contributed by atoms with Crippen LogP contribution in [-0.4, -0.2) is 14.9 Å². The highest BCUT2D eigenvalue weighted by Gasteiger charge is 2.20. The summed E-state index contributed by atoms with van der Waals surface area (Å²) in [6, 6.07) is 6.23. The predicted molar refractivity (Wildman–Crippen MR) is 77.4 cm³/mol. The van der Waals surface area contributed by atoms with Gasteiger partial charge < -0.3 is 5.11 Å². The van der Waals surface area contributed by atoms with E-state index in [0.717, 1.165) is 17.8 Å². The Morgan fingerprint density at radius 3 is 2.65 bits per heavy atom. The Labute approximate surface area is 123 Å². The van der Waals surface area contributed by atoms with Crippen LogP contribution in [0.25, 0.3) is 0 Å². The molecule has 1 unspecified atom stereocenters. The lowest BCUT2D eigenvalue weighted by Crippen LogP contribution is -2.10. The Kier molecular flexibility index (Phi) is 4.78. The summed E-state index contributed by atoms with van der Waals surface area (Å²) in [5, 5.41) is 15.2. The molecular formula is C15H18ClFN2O. The summed E-state index contributed by atoms with van der Waals surface area (Å²) in [7, 11) is 0. The van der Waals surface area contributed by atoms with Gasteiger partial charge in [0.2, 0.25) is 0 Å². The van der Waals surface area contributed by atoms with Gasteiger partial charge in [0.05, 0.1) is 22.5 Å².